The fraction of sp³-hybridized carbons (Fsp3) is 0.438. The highest BCUT2D eigenvalue weighted by Gasteiger charge is 2.34. The molecule has 0 unspecified atom stereocenters. The van der Waals surface area contributed by atoms with Gasteiger partial charge in [0.1, 0.15) is 6.10 Å². The number of carbonyl (C=O) groups excluding carboxylic acids is 1. The summed E-state index contributed by atoms with van der Waals surface area (Å²) in [6, 6.07) is 5.78. The predicted octanol–water partition coefficient (Wildman–Crippen LogP) is 2.19. The second-order valence-electron chi connectivity index (χ2n) is 5.97. The van der Waals surface area contributed by atoms with Gasteiger partial charge in [-0.1, -0.05) is 0 Å². The first kappa shape index (κ1) is 15.5. The molecule has 0 radical (unpaired) electrons. The van der Waals surface area contributed by atoms with Crippen LogP contribution in [0.1, 0.15) is 32.7 Å². The number of ether oxygens (including phenoxy) is 1. The molecule has 1 aromatic carbocycles. The topological polar surface area (TPSA) is 93.5 Å². The van der Waals surface area contributed by atoms with Crippen molar-refractivity contribution < 1.29 is 19.4 Å². The molecule has 1 aliphatic heterocycles. The number of benzene rings is 1. The van der Waals surface area contributed by atoms with E-state index in [0.29, 0.717) is 18.5 Å². The van der Waals surface area contributed by atoms with Crippen molar-refractivity contribution in [1.29, 1.82) is 0 Å². The van der Waals surface area contributed by atoms with E-state index in [4.69, 9.17) is 9.84 Å². The van der Waals surface area contributed by atoms with E-state index in [2.05, 4.69) is 10.4 Å². The van der Waals surface area contributed by atoms with Crippen molar-refractivity contribution in [2.45, 2.75) is 44.9 Å². The Morgan fingerprint density at radius 1 is 1.35 bits per heavy atom. The first-order chi connectivity index (χ1) is 11.0. The highest BCUT2D eigenvalue weighted by molar-refractivity contribution is 5.96. The lowest BCUT2D eigenvalue weighted by Gasteiger charge is -2.13. The Morgan fingerprint density at radius 2 is 2.09 bits per heavy atom. The van der Waals surface area contributed by atoms with Crippen LogP contribution >= 0.6 is 0 Å². The number of amides is 1. The smallest absolute Gasteiger partial charge is 0.332 e. The average Bonchev–Trinajstić information content (AvgIpc) is 3.13. The van der Waals surface area contributed by atoms with Crippen LogP contribution in [0, 0.1) is 0 Å². The maximum atomic E-state index is 12.2. The number of nitrogens with zero attached hydrogens (tertiary/aromatic N) is 2. The van der Waals surface area contributed by atoms with Gasteiger partial charge in [0, 0.05) is 17.1 Å². The Morgan fingerprint density at radius 3 is 2.74 bits per heavy atom. The van der Waals surface area contributed by atoms with E-state index in [9.17, 15) is 9.59 Å². The van der Waals surface area contributed by atoms with E-state index >= 15 is 0 Å². The summed E-state index contributed by atoms with van der Waals surface area (Å²) in [7, 11) is 0. The number of anilines is 1. The molecule has 2 heterocycles. The van der Waals surface area contributed by atoms with Gasteiger partial charge >= 0.3 is 5.97 Å². The van der Waals surface area contributed by atoms with Crippen molar-refractivity contribution >= 4 is 28.5 Å². The van der Waals surface area contributed by atoms with Crippen molar-refractivity contribution in [3.63, 3.8) is 0 Å². The van der Waals surface area contributed by atoms with Crippen molar-refractivity contribution in [2.24, 2.45) is 0 Å². The maximum absolute atomic E-state index is 12.2. The van der Waals surface area contributed by atoms with Crippen LogP contribution in [0.5, 0.6) is 0 Å². The first-order valence-corrected chi connectivity index (χ1v) is 7.62. The molecule has 122 valence electrons. The number of nitrogens with one attached hydrogen (secondary N) is 1. The third-order valence-corrected chi connectivity index (χ3v) is 3.94. The van der Waals surface area contributed by atoms with Crippen LogP contribution < -0.4 is 5.32 Å². The van der Waals surface area contributed by atoms with Gasteiger partial charge in [0.2, 0.25) is 0 Å². The molecule has 1 aliphatic rings. The zero-order valence-electron chi connectivity index (χ0n) is 13.0. The molecule has 23 heavy (non-hydrogen) atoms. The Bertz CT molecular complexity index is 753. The molecule has 2 aromatic rings. The molecule has 0 bridgehead atoms. The maximum Gasteiger partial charge on any atom is 0.332 e. The zero-order chi connectivity index (χ0) is 16.6. The van der Waals surface area contributed by atoms with Gasteiger partial charge in [0.15, 0.2) is 6.10 Å². The number of carboxylic acid groups (broad SMARTS) is 1. The Kier molecular flexibility index (Phi) is 4.04. The summed E-state index contributed by atoms with van der Waals surface area (Å²) in [5.74, 6) is -1.34. The molecule has 7 heteroatoms. The number of rotatable bonds is 4. The monoisotopic (exact) mass is 317 g/mol. The fourth-order valence-corrected chi connectivity index (χ4v) is 2.76. The molecule has 1 amide bonds. The number of aromatic nitrogens is 2. The van der Waals surface area contributed by atoms with Gasteiger partial charge in [-0.05, 0) is 44.9 Å². The second-order valence-corrected chi connectivity index (χ2v) is 5.97. The predicted molar refractivity (Wildman–Crippen MR) is 84.3 cm³/mol. The van der Waals surface area contributed by atoms with Gasteiger partial charge in [-0.2, -0.15) is 5.10 Å². The van der Waals surface area contributed by atoms with E-state index in [0.717, 1.165) is 10.9 Å². The molecule has 0 spiro atoms. The van der Waals surface area contributed by atoms with Gasteiger partial charge in [-0.25, -0.2) is 4.79 Å². The summed E-state index contributed by atoms with van der Waals surface area (Å²) in [5, 5.41) is 17.0. The van der Waals surface area contributed by atoms with Crippen molar-refractivity contribution in [3.8, 4) is 0 Å². The molecule has 2 N–H and O–H groups in total. The standard InChI is InChI=1S/C16H19N3O4/c1-9(2)19-12-7-11(4-3-10(12)8-17-19)18-15(20)13-5-6-14(23-13)16(21)22/h3-4,7-9,13-14H,5-6H2,1-2H3,(H,18,20)(H,21,22)/t13-,14+/m0/s1. The second kappa shape index (κ2) is 6.00. The molecule has 3 rings (SSSR count). The molecule has 1 saturated heterocycles. The fourth-order valence-electron chi connectivity index (χ4n) is 2.76. The lowest BCUT2D eigenvalue weighted by atomic mass is 10.2. The number of carbonyl (C=O) groups is 2. The average molecular weight is 317 g/mol. The lowest BCUT2D eigenvalue weighted by molar-refractivity contribution is -0.150. The van der Waals surface area contributed by atoms with Crippen LogP contribution in [0.15, 0.2) is 24.4 Å². The van der Waals surface area contributed by atoms with Crippen LogP contribution in [0.25, 0.3) is 10.9 Å². The third-order valence-electron chi connectivity index (χ3n) is 3.94. The SMILES string of the molecule is CC(C)n1ncc2ccc(NC(=O)[C@@H]3CC[C@H](C(=O)O)O3)cc21. The Balaban J connectivity index is 1.75. The summed E-state index contributed by atoms with van der Waals surface area (Å²) >= 11 is 0. The van der Waals surface area contributed by atoms with Gasteiger partial charge in [0.05, 0.1) is 11.7 Å². The number of carboxylic acids is 1. The van der Waals surface area contributed by atoms with Gasteiger partial charge in [-0.15, -0.1) is 0 Å². The van der Waals surface area contributed by atoms with Crippen molar-refractivity contribution in [3.05, 3.63) is 24.4 Å². The lowest BCUT2D eigenvalue weighted by Crippen LogP contribution is -2.29. The van der Waals surface area contributed by atoms with Crippen LogP contribution in [0.4, 0.5) is 5.69 Å². The van der Waals surface area contributed by atoms with Gasteiger partial charge < -0.3 is 15.2 Å². The first-order valence-electron chi connectivity index (χ1n) is 7.62. The summed E-state index contributed by atoms with van der Waals surface area (Å²) in [5.41, 5.74) is 1.58. The van der Waals surface area contributed by atoms with E-state index in [1.165, 1.54) is 0 Å². The van der Waals surface area contributed by atoms with E-state index in [1.54, 1.807) is 12.3 Å². The van der Waals surface area contributed by atoms with Gasteiger partial charge in [0.25, 0.3) is 5.91 Å². The van der Waals surface area contributed by atoms with Gasteiger partial charge in [-0.3, -0.25) is 9.48 Å². The van der Waals surface area contributed by atoms with E-state index in [-0.39, 0.29) is 11.9 Å². The molecular weight excluding hydrogens is 298 g/mol. The van der Waals surface area contributed by atoms with Crippen molar-refractivity contribution in [1.82, 2.24) is 9.78 Å². The minimum atomic E-state index is -1.03. The minimum absolute atomic E-state index is 0.216. The van der Waals surface area contributed by atoms with E-state index in [1.807, 2.05) is 30.7 Å². The Labute approximate surface area is 133 Å². The highest BCUT2D eigenvalue weighted by Crippen LogP contribution is 2.24. The molecule has 0 saturated carbocycles. The quantitative estimate of drug-likeness (QED) is 0.901. The number of hydrogen-bond donors (Lipinski definition) is 2. The summed E-state index contributed by atoms with van der Waals surface area (Å²) in [6.45, 7) is 4.08. The molecule has 7 nitrogen and oxygen atoms in total. The summed E-state index contributed by atoms with van der Waals surface area (Å²) in [6.07, 6.45) is 0.942. The van der Waals surface area contributed by atoms with Crippen LogP contribution in [-0.4, -0.2) is 39.0 Å². The van der Waals surface area contributed by atoms with Crippen LogP contribution in [0.2, 0.25) is 0 Å². The normalized spacial score (nSPS) is 21.0. The van der Waals surface area contributed by atoms with Crippen LogP contribution in [-0.2, 0) is 14.3 Å². The molecule has 0 aliphatic carbocycles. The number of fused-ring (bicyclic) bond motifs is 1. The van der Waals surface area contributed by atoms with E-state index < -0.39 is 18.2 Å². The molecule has 2 atom stereocenters. The minimum Gasteiger partial charge on any atom is -0.479 e. The zero-order valence-corrected chi connectivity index (χ0v) is 13.0. The van der Waals surface area contributed by atoms with Crippen LogP contribution in [0.3, 0.4) is 0 Å². The third kappa shape index (κ3) is 3.05. The summed E-state index contributed by atoms with van der Waals surface area (Å²) < 4.78 is 7.15. The molecule has 1 fully saturated rings. The highest BCUT2D eigenvalue weighted by atomic mass is 16.5. The van der Waals surface area contributed by atoms with Crippen molar-refractivity contribution in [2.75, 3.05) is 5.32 Å². The molecule has 1 aromatic heterocycles. The summed E-state index contributed by atoms with van der Waals surface area (Å²) in [4.78, 5) is 23.1. The number of hydrogen-bond acceptors (Lipinski definition) is 4. The molecular formula is C16H19N3O4. The Hall–Kier alpha value is -2.41. The largest absolute Gasteiger partial charge is 0.479 e. The number of aliphatic carboxylic acids is 1.